The highest BCUT2D eigenvalue weighted by Crippen LogP contribution is 2.18. The van der Waals surface area contributed by atoms with E-state index in [0.29, 0.717) is 24.3 Å². The summed E-state index contributed by atoms with van der Waals surface area (Å²) in [6.07, 6.45) is -0.538. The molecule has 146 valence electrons. The van der Waals surface area contributed by atoms with Gasteiger partial charge in [-0.25, -0.2) is 0 Å². The molecule has 0 saturated carbocycles. The van der Waals surface area contributed by atoms with Gasteiger partial charge in [-0.2, -0.15) is 0 Å². The van der Waals surface area contributed by atoms with E-state index >= 15 is 0 Å². The van der Waals surface area contributed by atoms with Crippen molar-refractivity contribution < 1.29 is 14.3 Å². The van der Waals surface area contributed by atoms with Gasteiger partial charge in [0.15, 0.2) is 6.10 Å². The summed E-state index contributed by atoms with van der Waals surface area (Å²) >= 11 is 0. The fourth-order valence-electron chi connectivity index (χ4n) is 3.20. The minimum atomic E-state index is -0.538. The van der Waals surface area contributed by atoms with Crippen molar-refractivity contribution in [1.29, 1.82) is 0 Å². The highest BCUT2D eigenvalue weighted by molar-refractivity contribution is 5.80. The Kier molecular flexibility index (Phi) is 7.72. The molecular formula is C20H33N3O3. The second-order valence-corrected chi connectivity index (χ2v) is 7.33. The van der Waals surface area contributed by atoms with Crippen LogP contribution in [0.15, 0.2) is 24.3 Å². The lowest BCUT2D eigenvalue weighted by Gasteiger charge is -2.40. The van der Waals surface area contributed by atoms with E-state index in [9.17, 15) is 4.79 Å². The first-order valence-electron chi connectivity index (χ1n) is 9.41. The molecule has 6 heteroatoms. The summed E-state index contributed by atoms with van der Waals surface area (Å²) in [6.45, 7) is 11.1. The summed E-state index contributed by atoms with van der Waals surface area (Å²) in [5.41, 5.74) is 0. The normalized spacial score (nSPS) is 18.4. The average molecular weight is 364 g/mol. The van der Waals surface area contributed by atoms with Crippen LogP contribution in [0, 0.1) is 5.92 Å². The molecule has 6 nitrogen and oxygen atoms in total. The van der Waals surface area contributed by atoms with Gasteiger partial charge in [0.1, 0.15) is 11.5 Å². The third kappa shape index (κ3) is 5.88. The van der Waals surface area contributed by atoms with Crippen LogP contribution in [0.1, 0.15) is 20.8 Å². The summed E-state index contributed by atoms with van der Waals surface area (Å²) in [4.78, 5) is 17.3. The lowest BCUT2D eigenvalue weighted by molar-refractivity contribution is -0.127. The Labute approximate surface area is 157 Å². The van der Waals surface area contributed by atoms with Crippen LogP contribution < -0.4 is 14.8 Å². The smallest absolute Gasteiger partial charge is 0.260 e. The van der Waals surface area contributed by atoms with Crippen LogP contribution in [-0.4, -0.2) is 74.7 Å². The summed E-state index contributed by atoms with van der Waals surface area (Å²) in [5, 5.41) is 3.07. The third-order valence-electron chi connectivity index (χ3n) is 5.00. The zero-order valence-electron chi connectivity index (χ0n) is 16.7. The van der Waals surface area contributed by atoms with E-state index in [1.165, 1.54) is 0 Å². The van der Waals surface area contributed by atoms with Crippen molar-refractivity contribution in [1.82, 2.24) is 15.1 Å². The molecule has 2 atom stereocenters. The molecule has 1 heterocycles. The number of carbonyl (C=O) groups is 1. The van der Waals surface area contributed by atoms with Crippen molar-refractivity contribution >= 4 is 5.91 Å². The van der Waals surface area contributed by atoms with Gasteiger partial charge in [-0.1, -0.05) is 13.8 Å². The largest absolute Gasteiger partial charge is 0.497 e. The number of ether oxygens (including phenoxy) is 2. The molecule has 1 aliphatic heterocycles. The van der Waals surface area contributed by atoms with Crippen LogP contribution in [0.3, 0.4) is 0 Å². The molecule has 1 N–H and O–H groups in total. The number of piperazine rings is 1. The molecule has 0 aliphatic carbocycles. The van der Waals surface area contributed by atoms with E-state index in [2.05, 4.69) is 36.0 Å². The Morgan fingerprint density at radius 1 is 1.08 bits per heavy atom. The third-order valence-corrected chi connectivity index (χ3v) is 5.00. The van der Waals surface area contributed by atoms with Crippen LogP contribution in [0.25, 0.3) is 0 Å². The van der Waals surface area contributed by atoms with Gasteiger partial charge in [-0.05, 0) is 44.2 Å². The van der Waals surface area contributed by atoms with Crippen LogP contribution in [0.2, 0.25) is 0 Å². The van der Waals surface area contributed by atoms with Gasteiger partial charge in [-0.3, -0.25) is 9.69 Å². The minimum absolute atomic E-state index is 0.0828. The van der Waals surface area contributed by atoms with Gasteiger partial charge in [0.25, 0.3) is 5.91 Å². The van der Waals surface area contributed by atoms with Gasteiger partial charge in [0.05, 0.1) is 7.11 Å². The number of hydrogen-bond acceptors (Lipinski definition) is 5. The number of hydrogen-bond donors (Lipinski definition) is 1. The molecule has 0 bridgehead atoms. The number of amides is 1. The number of carbonyl (C=O) groups excluding carboxylic acids is 1. The molecular weight excluding hydrogens is 330 g/mol. The van der Waals surface area contributed by atoms with Crippen molar-refractivity contribution in [2.75, 3.05) is 46.9 Å². The van der Waals surface area contributed by atoms with Gasteiger partial charge in [0, 0.05) is 38.8 Å². The molecule has 1 aliphatic rings. The lowest BCUT2D eigenvalue weighted by Crippen LogP contribution is -2.54. The van der Waals surface area contributed by atoms with Crippen LogP contribution in [0.4, 0.5) is 0 Å². The van der Waals surface area contributed by atoms with E-state index in [0.717, 1.165) is 31.9 Å². The SMILES string of the molecule is COc1ccc(OC(C)C(=O)NCC(C(C)C)N2CCN(C)CC2)cc1. The zero-order chi connectivity index (χ0) is 19.1. The highest BCUT2D eigenvalue weighted by atomic mass is 16.5. The van der Waals surface area contributed by atoms with E-state index in [4.69, 9.17) is 9.47 Å². The standard InChI is InChI=1S/C20H33N3O3/c1-15(2)19(23-12-10-22(4)11-13-23)14-21-20(24)16(3)26-18-8-6-17(25-5)7-9-18/h6-9,15-16,19H,10-14H2,1-5H3,(H,21,24). The number of methoxy groups -OCH3 is 1. The average Bonchev–Trinajstić information content (AvgIpc) is 2.63. The molecule has 1 fully saturated rings. The quantitative estimate of drug-likeness (QED) is 0.764. The van der Waals surface area contributed by atoms with E-state index in [1.54, 1.807) is 14.0 Å². The summed E-state index contributed by atoms with van der Waals surface area (Å²) < 4.78 is 10.9. The van der Waals surface area contributed by atoms with Crippen LogP contribution >= 0.6 is 0 Å². The predicted octanol–water partition coefficient (Wildman–Crippen LogP) is 1.85. The Morgan fingerprint density at radius 3 is 2.19 bits per heavy atom. The highest BCUT2D eigenvalue weighted by Gasteiger charge is 2.26. The summed E-state index contributed by atoms with van der Waals surface area (Å²) in [6, 6.07) is 7.61. The molecule has 1 aromatic carbocycles. The van der Waals surface area contributed by atoms with Crippen molar-refractivity contribution in [3.63, 3.8) is 0 Å². The molecule has 26 heavy (non-hydrogen) atoms. The van der Waals surface area contributed by atoms with Crippen molar-refractivity contribution in [2.24, 2.45) is 5.92 Å². The molecule has 0 radical (unpaired) electrons. The van der Waals surface area contributed by atoms with Crippen molar-refractivity contribution in [3.8, 4) is 11.5 Å². The fraction of sp³-hybridized carbons (Fsp3) is 0.650. The first-order valence-corrected chi connectivity index (χ1v) is 9.41. The second kappa shape index (κ2) is 9.78. The first-order chi connectivity index (χ1) is 12.4. The van der Waals surface area contributed by atoms with Gasteiger partial charge >= 0.3 is 0 Å². The molecule has 1 aromatic rings. The Hall–Kier alpha value is -1.79. The molecule has 1 saturated heterocycles. The van der Waals surface area contributed by atoms with E-state index < -0.39 is 6.10 Å². The Morgan fingerprint density at radius 2 is 1.65 bits per heavy atom. The van der Waals surface area contributed by atoms with Crippen molar-refractivity contribution in [3.05, 3.63) is 24.3 Å². The lowest BCUT2D eigenvalue weighted by atomic mass is 10.0. The summed E-state index contributed by atoms with van der Waals surface area (Å²) in [5.74, 6) is 1.83. The molecule has 0 spiro atoms. The topological polar surface area (TPSA) is 54.0 Å². The maximum atomic E-state index is 12.4. The Balaban J connectivity index is 1.84. The van der Waals surface area contributed by atoms with Crippen LogP contribution in [-0.2, 0) is 4.79 Å². The number of benzene rings is 1. The van der Waals surface area contributed by atoms with Gasteiger partial charge < -0.3 is 19.7 Å². The number of nitrogens with zero attached hydrogens (tertiary/aromatic N) is 2. The van der Waals surface area contributed by atoms with E-state index in [-0.39, 0.29) is 5.91 Å². The number of nitrogens with one attached hydrogen (secondary N) is 1. The van der Waals surface area contributed by atoms with Crippen LogP contribution in [0.5, 0.6) is 11.5 Å². The number of likely N-dealkylation sites (N-methyl/N-ethyl adjacent to an activating group) is 1. The fourth-order valence-corrected chi connectivity index (χ4v) is 3.20. The maximum absolute atomic E-state index is 12.4. The maximum Gasteiger partial charge on any atom is 0.260 e. The molecule has 0 aromatic heterocycles. The van der Waals surface area contributed by atoms with E-state index in [1.807, 2.05) is 24.3 Å². The Bertz CT molecular complexity index is 554. The molecule has 1 amide bonds. The van der Waals surface area contributed by atoms with Crippen molar-refractivity contribution in [2.45, 2.75) is 32.9 Å². The predicted molar refractivity (Wildman–Crippen MR) is 104 cm³/mol. The zero-order valence-corrected chi connectivity index (χ0v) is 16.7. The molecule has 2 rings (SSSR count). The molecule has 2 unspecified atom stereocenters. The van der Waals surface area contributed by atoms with Gasteiger partial charge in [0.2, 0.25) is 0 Å². The minimum Gasteiger partial charge on any atom is -0.497 e. The van der Waals surface area contributed by atoms with Gasteiger partial charge in [-0.15, -0.1) is 0 Å². The first kappa shape index (κ1) is 20.5. The monoisotopic (exact) mass is 363 g/mol. The number of rotatable bonds is 8. The summed E-state index contributed by atoms with van der Waals surface area (Å²) in [7, 11) is 3.78. The second-order valence-electron chi connectivity index (χ2n) is 7.33.